The normalized spacial score (nSPS) is 13.0. The Morgan fingerprint density at radius 3 is 2.35 bits per heavy atom. The summed E-state index contributed by atoms with van der Waals surface area (Å²) in [4.78, 5) is 13.7. The van der Waals surface area contributed by atoms with Crippen LogP contribution in [0.1, 0.15) is 31.9 Å². The Morgan fingerprint density at radius 1 is 1.12 bits per heavy atom. The number of benzene rings is 2. The van der Waals surface area contributed by atoms with Crippen LogP contribution in [0.5, 0.6) is 11.5 Å². The average molecular weight is 394 g/mol. The Morgan fingerprint density at radius 2 is 1.77 bits per heavy atom. The zero-order valence-electron chi connectivity index (χ0n) is 15.4. The second-order valence-corrected chi connectivity index (χ2v) is 7.53. The van der Waals surface area contributed by atoms with Crippen LogP contribution < -0.4 is 14.8 Å². The highest BCUT2D eigenvalue weighted by Gasteiger charge is 2.20. The molecule has 1 N–H and O–H groups in total. The summed E-state index contributed by atoms with van der Waals surface area (Å²) in [6.07, 6.45) is 0.734. The van der Waals surface area contributed by atoms with Gasteiger partial charge in [-0.15, -0.1) is 11.8 Å². The van der Waals surface area contributed by atoms with Crippen molar-refractivity contribution in [2.45, 2.75) is 36.5 Å². The Balaban J connectivity index is 2.05. The summed E-state index contributed by atoms with van der Waals surface area (Å²) in [5.74, 6) is 1.32. The van der Waals surface area contributed by atoms with Gasteiger partial charge < -0.3 is 14.8 Å². The molecule has 2 aromatic carbocycles. The molecular weight excluding hydrogens is 370 g/mol. The molecule has 26 heavy (non-hydrogen) atoms. The summed E-state index contributed by atoms with van der Waals surface area (Å²) < 4.78 is 10.6. The minimum Gasteiger partial charge on any atom is -0.493 e. The van der Waals surface area contributed by atoms with Crippen molar-refractivity contribution < 1.29 is 14.3 Å². The molecule has 0 aliphatic carbocycles. The molecule has 0 bridgehead atoms. The van der Waals surface area contributed by atoms with E-state index in [1.54, 1.807) is 26.0 Å². The number of carbonyl (C=O) groups excluding carboxylic acids is 1. The van der Waals surface area contributed by atoms with Crippen LogP contribution in [0.25, 0.3) is 0 Å². The van der Waals surface area contributed by atoms with Crippen LogP contribution in [-0.2, 0) is 4.79 Å². The predicted molar refractivity (Wildman–Crippen MR) is 107 cm³/mol. The number of rotatable bonds is 8. The maximum absolute atomic E-state index is 12.7. The highest BCUT2D eigenvalue weighted by molar-refractivity contribution is 8.00. The number of hydrogen-bond donors (Lipinski definition) is 1. The molecule has 0 heterocycles. The Kier molecular flexibility index (Phi) is 7.66. The Bertz CT molecular complexity index is 736. The van der Waals surface area contributed by atoms with Crippen molar-refractivity contribution in [2.24, 2.45) is 0 Å². The molecule has 2 aromatic rings. The van der Waals surface area contributed by atoms with Gasteiger partial charge in [0.2, 0.25) is 5.91 Å². The molecule has 0 radical (unpaired) electrons. The van der Waals surface area contributed by atoms with Crippen molar-refractivity contribution in [2.75, 3.05) is 14.2 Å². The van der Waals surface area contributed by atoms with E-state index in [1.165, 1.54) is 0 Å². The summed E-state index contributed by atoms with van der Waals surface area (Å²) in [7, 11) is 3.20. The van der Waals surface area contributed by atoms with Crippen molar-refractivity contribution in [1.82, 2.24) is 5.32 Å². The third-order valence-corrected chi connectivity index (χ3v) is 5.65. The minimum atomic E-state index is -0.168. The van der Waals surface area contributed by atoms with Gasteiger partial charge in [0.1, 0.15) is 0 Å². The molecule has 6 heteroatoms. The smallest absolute Gasteiger partial charge is 0.233 e. The van der Waals surface area contributed by atoms with Crippen molar-refractivity contribution in [3.05, 3.63) is 53.1 Å². The lowest BCUT2D eigenvalue weighted by Gasteiger charge is -2.20. The molecule has 0 aliphatic heterocycles. The van der Waals surface area contributed by atoms with Crippen LogP contribution in [-0.4, -0.2) is 25.4 Å². The average Bonchev–Trinajstić information content (AvgIpc) is 2.66. The van der Waals surface area contributed by atoms with Crippen LogP contribution in [0.2, 0.25) is 5.02 Å². The number of ether oxygens (including phenoxy) is 2. The lowest BCUT2D eigenvalue weighted by atomic mass is 10.1. The lowest BCUT2D eigenvalue weighted by Crippen LogP contribution is -2.34. The molecule has 2 atom stereocenters. The quantitative estimate of drug-likeness (QED) is 0.633. The molecule has 0 aliphatic rings. The van der Waals surface area contributed by atoms with E-state index < -0.39 is 0 Å². The monoisotopic (exact) mass is 393 g/mol. The molecule has 4 nitrogen and oxygen atoms in total. The fourth-order valence-corrected chi connectivity index (χ4v) is 3.60. The van der Waals surface area contributed by atoms with E-state index in [4.69, 9.17) is 21.1 Å². The van der Waals surface area contributed by atoms with Gasteiger partial charge in [0.15, 0.2) is 11.5 Å². The first kappa shape index (κ1) is 20.5. The zero-order chi connectivity index (χ0) is 19.1. The van der Waals surface area contributed by atoms with Crippen molar-refractivity contribution in [1.29, 1.82) is 0 Å². The van der Waals surface area contributed by atoms with Gasteiger partial charge in [-0.3, -0.25) is 4.79 Å². The highest BCUT2D eigenvalue weighted by Crippen LogP contribution is 2.31. The summed E-state index contributed by atoms with van der Waals surface area (Å²) in [6, 6.07) is 13.1. The first-order chi connectivity index (χ1) is 12.5. The van der Waals surface area contributed by atoms with E-state index in [0.29, 0.717) is 16.5 Å². The van der Waals surface area contributed by atoms with Crippen molar-refractivity contribution >= 4 is 29.3 Å². The van der Waals surface area contributed by atoms with Gasteiger partial charge in [0.05, 0.1) is 25.5 Å². The lowest BCUT2D eigenvalue weighted by molar-refractivity contribution is -0.121. The predicted octanol–water partition coefficient (Wildman–Crippen LogP) is 5.11. The molecule has 0 fully saturated rings. The highest BCUT2D eigenvalue weighted by atomic mass is 35.5. The molecule has 140 valence electrons. The SMILES string of the molecule is CC[C@H](Sc1ccc(Cl)cc1)C(=O)N[C@@H](C)c1ccc(OC)c(OC)c1. The van der Waals surface area contributed by atoms with E-state index in [9.17, 15) is 4.79 Å². The molecule has 2 rings (SSSR count). The van der Waals surface area contributed by atoms with E-state index in [1.807, 2.05) is 56.3 Å². The molecule has 0 unspecified atom stereocenters. The van der Waals surface area contributed by atoms with Gasteiger partial charge in [-0.05, 0) is 55.3 Å². The van der Waals surface area contributed by atoms with Crippen LogP contribution >= 0.6 is 23.4 Å². The number of carbonyl (C=O) groups is 1. The summed E-state index contributed by atoms with van der Waals surface area (Å²) >= 11 is 7.46. The first-order valence-electron chi connectivity index (χ1n) is 8.43. The van der Waals surface area contributed by atoms with Gasteiger partial charge in [-0.2, -0.15) is 0 Å². The van der Waals surface area contributed by atoms with Gasteiger partial charge in [0, 0.05) is 9.92 Å². The van der Waals surface area contributed by atoms with Gasteiger partial charge in [-0.25, -0.2) is 0 Å². The van der Waals surface area contributed by atoms with Gasteiger partial charge in [0.25, 0.3) is 0 Å². The largest absolute Gasteiger partial charge is 0.493 e. The number of thioether (sulfide) groups is 1. The van der Waals surface area contributed by atoms with Crippen LogP contribution in [0.15, 0.2) is 47.4 Å². The second-order valence-electron chi connectivity index (χ2n) is 5.81. The number of methoxy groups -OCH3 is 2. The summed E-state index contributed by atoms with van der Waals surface area (Å²) in [6.45, 7) is 3.97. The number of hydrogen-bond acceptors (Lipinski definition) is 4. The Hall–Kier alpha value is -1.85. The van der Waals surface area contributed by atoms with Crippen LogP contribution in [0.4, 0.5) is 0 Å². The van der Waals surface area contributed by atoms with Crippen molar-refractivity contribution in [3.8, 4) is 11.5 Å². The topological polar surface area (TPSA) is 47.6 Å². The van der Waals surface area contributed by atoms with E-state index in [2.05, 4.69) is 5.32 Å². The molecular formula is C20H24ClNO3S. The van der Waals surface area contributed by atoms with Crippen LogP contribution in [0, 0.1) is 0 Å². The van der Waals surface area contributed by atoms with E-state index in [0.717, 1.165) is 16.9 Å². The third-order valence-electron chi connectivity index (χ3n) is 4.02. The fraction of sp³-hybridized carbons (Fsp3) is 0.350. The molecule has 1 amide bonds. The van der Waals surface area contributed by atoms with Crippen molar-refractivity contribution in [3.63, 3.8) is 0 Å². The maximum atomic E-state index is 12.7. The fourth-order valence-electron chi connectivity index (χ4n) is 2.51. The van der Waals surface area contributed by atoms with Gasteiger partial charge >= 0.3 is 0 Å². The number of amides is 1. The number of nitrogens with one attached hydrogen (secondary N) is 1. The second kappa shape index (κ2) is 9.74. The molecule has 0 saturated carbocycles. The standard InChI is InChI=1S/C20H24ClNO3S/c1-5-19(26-16-9-7-15(21)8-10-16)20(23)22-13(2)14-6-11-17(24-3)18(12-14)25-4/h6-13,19H,5H2,1-4H3,(H,22,23)/t13-,19-/m0/s1. The third kappa shape index (κ3) is 5.32. The minimum absolute atomic E-state index is 0.00901. The summed E-state index contributed by atoms with van der Waals surface area (Å²) in [5, 5.41) is 3.61. The zero-order valence-corrected chi connectivity index (χ0v) is 17.0. The Labute approximate surface area is 164 Å². The van der Waals surface area contributed by atoms with Crippen LogP contribution in [0.3, 0.4) is 0 Å². The van der Waals surface area contributed by atoms with Gasteiger partial charge in [-0.1, -0.05) is 24.6 Å². The molecule has 0 aromatic heterocycles. The van der Waals surface area contributed by atoms with E-state index in [-0.39, 0.29) is 17.2 Å². The maximum Gasteiger partial charge on any atom is 0.233 e. The van der Waals surface area contributed by atoms with E-state index >= 15 is 0 Å². The number of halogens is 1. The molecule has 0 spiro atoms. The molecule has 0 saturated heterocycles. The first-order valence-corrected chi connectivity index (χ1v) is 9.68. The summed E-state index contributed by atoms with van der Waals surface area (Å²) in [5.41, 5.74) is 0.961.